The molecule has 0 spiro atoms. The summed E-state index contributed by atoms with van der Waals surface area (Å²) in [5, 5.41) is 6.49. The lowest BCUT2D eigenvalue weighted by molar-refractivity contribution is -0.132. The molecule has 1 saturated heterocycles. The highest BCUT2D eigenvalue weighted by atomic mass is 16.5. The fraction of sp³-hybridized carbons (Fsp3) is 0.710. The molecule has 10 nitrogen and oxygen atoms in total. The van der Waals surface area contributed by atoms with E-state index < -0.39 is 5.60 Å². The summed E-state index contributed by atoms with van der Waals surface area (Å²) >= 11 is 0. The van der Waals surface area contributed by atoms with Crippen molar-refractivity contribution in [2.24, 2.45) is 17.8 Å². The molecule has 0 bridgehead atoms. The normalized spacial score (nSPS) is 22.6. The van der Waals surface area contributed by atoms with E-state index in [-0.39, 0.29) is 41.6 Å². The Morgan fingerprint density at radius 1 is 1.17 bits per heavy atom. The fourth-order valence-electron chi connectivity index (χ4n) is 5.93. The first-order chi connectivity index (χ1) is 19.6. The van der Waals surface area contributed by atoms with E-state index in [9.17, 15) is 14.4 Å². The minimum atomic E-state index is -0.978. The van der Waals surface area contributed by atoms with E-state index in [2.05, 4.69) is 24.5 Å². The lowest BCUT2D eigenvalue weighted by Crippen LogP contribution is -2.53. The van der Waals surface area contributed by atoms with Crippen LogP contribution in [0.15, 0.2) is 18.2 Å². The van der Waals surface area contributed by atoms with Crippen LogP contribution in [0.5, 0.6) is 5.75 Å². The number of carbonyl (C=O) groups is 3. The molecule has 2 heterocycles. The number of piperidine rings is 1. The van der Waals surface area contributed by atoms with E-state index in [1.165, 1.54) is 0 Å². The molecule has 2 N–H and O–H groups in total. The van der Waals surface area contributed by atoms with E-state index in [0.717, 1.165) is 24.9 Å². The Morgan fingerprint density at radius 2 is 1.90 bits per heavy atom. The van der Waals surface area contributed by atoms with Crippen molar-refractivity contribution in [2.45, 2.75) is 77.5 Å². The topological polar surface area (TPSA) is 109 Å². The van der Waals surface area contributed by atoms with Gasteiger partial charge in [-0.25, -0.2) is 0 Å². The van der Waals surface area contributed by atoms with Crippen LogP contribution in [0, 0.1) is 17.8 Å². The average molecular weight is 573 g/mol. The van der Waals surface area contributed by atoms with E-state index >= 15 is 0 Å². The number of anilines is 2. The van der Waals surface area contributed by atoms with Gasteiger partial charge in [-0.1, -0.05) is 13.8 Å². The molecule has 2 fully saturated rings. The predicted molar refractivity (Wildman–Crippen MR) is 158 cm³/mol. The van der Waals surface area contributed by atoms with Gasteiger partial charge in [-0.2, -0.15) is 0 Å². The highest BCUT2D eigenvalue weighted by Gasteiger charge is 2.43. The molecule has 3 aliphatic rings. The van der Waals surface area contributed by atoms with Gasteiger partial charge in [-0.15, -0.1) is 0 Å². The maximum Gasteiger partial charge on any atom is 0.270 e. The molecule has 2 aliphatic heterocycles. The highest BCUT2D eigenvalue weighted by Crippen LogP contribution is 2.43. The van der Waals surface area contributed by atoms with Crippen LogP contribution < -0.4 is 25.2 Å². The Labute approximate surface area is 244 Å². The van der Waals surface area contributed by atoms with Gasteiger partial charge in [0.1, 0.15) is 5.75 Å². The van der Waals surface area contributed by atoms with E-state index in [1.54, 1.807) is 33.0 Å². The van der Waals surface area contributed by atoms with Gasteiger partial charge in [0.05, 0.1) is 30.2 Å². The third kappa shape index (κ3) is 7.59. The van der Waals surface area contributed by atoms with Crippen molar-refractivity contribution in [3.05, 3.63) is 18.2 Å². The second-order valence-corrected chi connectivity index (χ2v) is 12.6. The van der Waals surface area contributed by atoms with Crippen molar-refractivity contribution < 1.29 is 28.6 Å². The van der Waals surface area contributed by atoms with Gasteiger partial charge in [-0.05, 0) is 70.1 Å². The summed E-state index contributed by atoms with van der Waals surface area (Å²) in [7, 11) is 3.29. The largest absolute Gasteiger partial charge is 0.476 e. The van der Waals surface area contributed by atoms with Crippen molar-refractivity contribution in [2.75, 3.05) is 56.9 Å². The number of carbonyl (C=O) groups excluding carboxylic acids is 3. The molecular weight excluding hydrogens is 524 g/mol. The summed E-state index contributed by atoms with van der Waals surface area (Å²) in [6.45, 7) is 10.4. The van der Waals surface area contributed by atoms with Gasteiger partial charge < -0.3 is 34.6 Å². The number of benzene rings is 1. The molecule has 228 valence electrons. The Hall–Kier alpha value is -2.69. The van der Waals surface area contributed by atoms with Crippen molar-refractivity contribution in [3.63, 3.8) is 0 Å². The third-order valence-corrected chi connectivity index (χ3v) is 8.06. The van der Waals surface area contributed by atoms with Crippen LogP contribution in [0.1, 0.15) is 59.8 Å². The van der Waals surface area contributed by atoms with Crippen LogP contribution in [-0.4, -0.2) is 82.5 Å². The molecule has 4 rings (SSSR count). The number of nitrogens with one attached hydrogen (secondary N) is 2. The maximum absolute atomic E-state index is 14.1. The summed E-state index contributed by atoms with van der Waals surface area (Å²) in [6.07, 6.45) is 3.88. The first-order valence-electron chi connectivity index (χ1n) is 15.0. The monoisotopic (exact) mass is 572 g/mol. The van der Waals surface area contributed by atoms with Crippen LogP contribution in [0.4, 0.5) is 11.4 Å². The van der Waals surface area contributed by atoms with Gasteiger partial charge in [0.15, 0.2) is 5.60 Å². The van der Waals surface area contributed by atoms with Gasteiger partial charge in [-0.3, -0.25) is 14.4 Å². The van der Waals surface area contributed by atoms with Gasteiger partial charge in [0, 0.05) is 52.2 Å². The van der Waals surface area contributed by atoms with Crippen molar-refractivity contribution >= 4 is 29.1 Å². The van der Waals surface area contributed by atoms with Gasteiger partial charge in [0.25, 0.3) is 5.91 Å². The second-order valence-electron chi connectivity index (χ2n) is 12.6. The summed E-state index contributed by atoms with van der Waals surface area (Å²) in [5.41, 5.74) is 0.455. The smallest absolute Gasteiger partial charge is 0.270 e. The Bertz CT molecular complexity index is 1090. The molecule has 10 heteroatoms. The number of ether oxygens (including phenoxy) is 3. The van der Waals surface area contributed by atoms with Gasteiger partial charge in [0.2, 0.25) is 11.8 Å². The average Bonchev–Trinajstić information content (AvgIpc) is 3.76. The molecule has 0 aromatic heterocycles. The Kier molecular flexibility index (Phi) is 10.3. The summed E-state index contributed by atoms with van der Waals surface area (Å²) in [6, 6.07) is 5.75. The van der Waals surface area contributed by atoms with Crippen molar-refractivity contribution in [3.8, 4) is 5.75 Å². The number of fused-ring (bicyclic) bond motifs is 1. The lowest BCUT2D eigenvalue weighted by atomic mass is 9.88. The Balaban J connectivity index is 1.52. The number of nitrogens with zero attached hydrogens (tertiary/aromatic N) is 2. The molecule has 1 unspecified atom stereocenters. The summed E-state index contributed by atoms with van der Waals surface area (Å²) in [5.74, 6) is 0.312. The van der Waals surface area contributed by atoms with Gasteiger partial charge >= 0.3 is 0 Å². The molecule has 1 aliphatic carbocycles. The standard InChI is InChI=1S/C31H48N4O6/c1-20(2)14-23(19-40-6)33-28(36)21-15-22(18-32-17-21)29(37)35(24-8-9-24)25-10-11-27-26(16-25)34(12-7-13-39-5)30(38)31(3,4)41-27/h10-11,16,20-24,32H,7-9,12-15,17-19H2,1-6H3,(H,33,36)/t21-,22+,23?/m0/s1. The van der Waals surface area contributed by atoms with Crippen LogP contribution in [0.3, 0.4) is 0 Å². The van der Waals surface area contributed by atoms with Crippen LogP contribution >= 0.6 is 0 Å². The molecule has 3 amide bonds. The molecule has 1 aromatic carbocycles. The summed E-state index contributed by atoms with van der Waals surface area (Å²) < 4.78 is 16.6. The van der Waals surface area contributed by atoms with E-state index in [0.29, 0.717) is 63.0 Å². The van der Waals surface area contributed by atoms with Crippen molar-refractivity contribution in [1.29, 1.82) is 0 Å². The number of methoxy groups -OCH3 is 2. The van der Waals surface area contributed by atoms with Crippen LogP contribution in [0.25, 0.3) is 0 Å². The van der Waals surface area contributed by atoms with Crippen LogP contribution in [0.2, 0.25) is 0 Å². The molecule has 0 radical (unpaired) electrons. The highest BCUT2D eigenvalue weighted by molar-refractivity contribution is 6.04. The Morgan fingerprint density at radius 3 is 2.56 bits per heavy atom. The molecule has 3 atom stereocenters. The minimum Gasteiger partial charge on any atom is -0.476 e. The number of hydrogen-bond donors (Lipinski definition) is 2. The zero-order chi connectivity index (χ0) is 29.7. The molecular formula is C31H48N4O6. The number of hydrogen-bond acceptors (Lipinski definition) is 7. The van der Waals surface area contributed by atoms with E-state index in [1.807, 2.05) is 23.1 Å². The van der Waals surface area contributed by atoms with E-state index in [4.69, 9.17) is 14.2 Å². The zero-order valence-electron chi connectivity index (χ0n) is 25.5. The second kappa shape index (κ2) is 13.5. The zero-order valence-corrected chi connectivity index (χ0v) is 25.5. The first kappa shape index (κ1) is 31.3. The molecule has 41 heavy (non-hydrogen) atoms. The number of amides is 3. The first-order valence-corrected chi connectivity index (χ1v) is 15.0. The molecule has 1 saturated carbocycles. The molecule has 1 aromatic rings. The predicted octanol–water partition coefficient (Wildman–Crippen LogP) is 3.13. The van der Waals surface area contributed by atoms with Crippen LogP contribution in [-0.2, 0) is 23.9 Å². The number of rotatable bonds is 13. The SMILES string of the molecule is COCCCN1C(=O)C(C)(C)Oc2ccc(N(C(=O)[C@H]3CNC[C@@H](C(=O)NC(COC)CC(C)C)C3)C3CC3)cc21. The van der Waals surface area contributed by atoms with Crippen molar-refractivity contribution in [1.82, 2.24) is 10.6 Å². The maximum atomic E-state index is 14.1. The minimum absolute atomic E-state index is 0.0161. The summed E-state index contributed by atoms with van der Waals surface area (Å²) in [4.78, 5) is 44.2. The quantitative estimate of drug-likeness (QED) is 0.350. The fourth-order valence-corrected chi connectivity index (χ4v) is 5.93. The lowest BCUT2D eigenvalue weighted by Gasteiger charge is -2.40. The third-order valence-electron chi connectivity index (χ3n) is 8.06.